The molecular weight excluding hydrogens is 398 g/mol. The van der Waals surface area contributed by atoms with Gasteiger partial charge in [0, 0.05) is 38.3 Å². The number of rotatable bonds is 4. The number of halogens is 1. The summed E-state index contributed by atoms with van der Waals surface area (Å²) in [6.07, 6.45) is 0. The van der Waals surface area contributed by atoms with Crippen molar-refractivity contribution in [3.63, 3.8) is 0 Å². The fourth-order valence-electron chi connectivity index (χ4n) is 3.13. The molecule has 2 aromatic carbocycles. The first-order valence-corrected chi connectivity index (χ1v) is 10.4. The van der Waals surface area contributed by atoms with E-state index >= 15 is 0 Å². The van der Waals surface area contributed by atoms with E-state index < -0.39 is 10.0 Å². The topological polar surface area (TPSA) is 69.7 Å². The van der Waals surface area contributed by atoms with Crippen molar-refractivity contribution in [1.29, 1.82) is 0 Å². The van der Waals surface area contributed by atoms with Gasteiger partial charge in [-0.2, -0.15) is 0 Å². The van der Waals surface area contributed by atoms with Crippen molar-refractivity contribution in [2.24, 2.45) is 0 Å². The molecule has 1 amide bonds. The minimum atomic E-state index is -3.64. The summed E-state index contributed by atoms with van der Waals surface area (Å²) in [7, 11) is -2.12. The summed E-state index contributed by atoms with van der Waals surface area (Å²) in [5.74, 6) is -0.0282. The van der Waals surface area contributed by atoms with Gasteiger partial charge in [0.1, 0.15) is 0 Å². The molecule has 1 heterocycles. The molecule has 3 rings (SSSR count). The average Bonchev–Trinajstić information content (AvgIpc) is 2.68. The summed E-state index contributed by atoms with van der Waals surface area (Å²) in [6, 6.07) is 13.6. The second kappa shape index (κ2) is 8.94. The van der Waals surface area contributed by atoms with Crippen molar-refractivity contribution in [2.45, 2.75) is 24.8 Å². The number of aryl methyl sites for hydroxylation is 1. The van der Waals surface area contributed by atoms with Gasteiger partial charge >= 0.3 is 0 Å². The Hall–Kier alpha value is -2.09. The van der Waals surface area contributed by atoms with Crippen LogP contribution in [-0.4, -0.2) is 51.9 Å². The van der Waals surface area contributed by atoms with Crippen LogP contribution in [0.1, 0.15) is 22.8 Å². The Morgan fingerprint density at radius 1 is 1.11 bits per heavy atom. The predicted molar refractivity (Wildman–Crippen MR) is 114 cm³/mol. The van der Waals surface area contributed by atoms with E-state index in [-0.39, 0.29) is 29.3 Å². The standard InChI is InChI=1S/C20H25N3O3S.ClH/c1-15-4-10-19(11-5-15)27(25,26)22(3)18-8-6-17(7-9-18)20(24)23-13-12-21-14-16(23)2;/h4-11,16,21H,12-14H2,1-3H3;1H/t16-;/m0./s1. The Kier molecular flexibility index (Phi) is 7.09. The fraction of sp³-hybridized carbons (Fsp3) is 0.350. The molecule has 8 heteroatoms. The molecular formula is C20H26ClN3O3S. The van der Waals surface area contributed by atoms with Gasteiger partial charge in [-0.05, 0) is 50.2 Å². The smallest absolute Gasteiger partial charge is 0.264 e. The molecule has 0 saturated carbocycles. The first kappa shape index (κ1) is 22.2. The third-order valence-electron chi connectivity index (χ3n) is 4.92. The molecule has 1 saturated heterocycles. The van der Waals surface area contributed by atoms with Gasteiger partial charge in [0.25, 0.3) is 15.9 Å². The van der Waals surface area contributed by atoms with Gasteiger partial charge in [0.05, 0.1) is 10.6 Å². The molecule has 0 aromatic heterocycles. The monoisotopic (exact) mass is 423 g/mol. The van der Waals surface area contributed by atoms with Crippen molar-refractivity contribution >= 4 is 34.0 Å². The van der Waals surface area contributed by atoms with E-state index in [9.17, 15) is 13.2 Å². The number of amides is 1. The Labute approximate surface area is 173 Å². The summed E-state index contributed by atoms with van der Waals surface area (Å²) in [5.41, 5.74) is 2.08. The van der Waals surface area contributed by atoms with Crippen LogP contribution in [0.5, 0.6) is 0 Å². The quantitative estimate of drug-likeness (QED) is 0.820. The lowest BCUT2D eigenvalue weighted by Crippen LogP contribution is -2.52. The SMILES string of the molecule is Cc1ccc(S(=O)(=O)N(C)c2ccc(C(=O)N3CCNC[C@@H]3C)cc2)cc1.Cl. The van der Waals surface area contributed by atoms with Gasteiger partial charge in [-0.1, -0.05) is 17.7 Å². The van der Waals surface area contributed by atoms with Crippen LogP contribution in [0.2, 0.25) is 0 Å². The highest BCUT2D eigenvalue weighted by Gasteiger charge is 2.25. The van der Waals surface area contributed by atoms with E-state index in [0.29, 0.717) is 17.8 Å². The molecule has 0 radical (unpaired) electrons. The van der Waals surface area contributed by atoms with Gasteiger partial charge in [-0.25, -0.2) is 8.42 Å². The van der Waals surface area contributed by atoms with Crippen LogP contribution < -0.4 is 9.62 Å². The van der Waals surface area contributed by atoms with Crippen LogP contribution in [-0.2, 0) is 10.0 Å². The minimum absolute atomic E-state index is 0. The molecule has 0 spiro atoms. The van der Waals surface area contributed by atoms with E-state index in [2.05, 4.69) is 5.32 Å². The second-order valence-corrected chi connectivity index (χ2v) is 8.85. The number of sulfonamides is 1. The lowest BCUT2D eigenvalue weighted by atomic mass is 10.1. The number of benzene rings is 2. The molecule has 1 atom stereocenters. The van der Waals surface area contributed by atoms with Crippen LogP contribution >= 0.6 is 12.4 Å². The van der Waals surface area contributed by atoms with Gasteiger partial charge in [-0.3, -0.25) is 9.10 Å². The molecule has 152 valence electrons. The number of carbonyl (C=O) groups is 1. The van der Waals surface area contributed by atoms with Gasteiger partial charge in [0.15, 0.2) is 0 Å². The molecule has 28 heavy (non-hydrogen) atoms. The third-order valence-corrected chi connectivity index (χ3v) is 6.72. The fourth-order valence-corrected chi connectivity index (χ4v) is 4.33. The molecule has 1 aliphatic heterocycles. The summed E-state index contributed by atoms with van der Waals surface area (Å²) in [5, 5.41) is 3.26. The Balaban J connectivity index is 0.00000280. The number of piperazine rings is 1. The number of nitrogens with one attached hydrogen (secondary N) is 1. The zero-order valence-corrected chi connectivity index (χ0v) is 17.9. The summed E-state index contributed by atoms with van der Waals surface area (Å²) in [6.45, 7) is 6.16. The van der Waals surface area contributed by atoms with Crippen molar-refractivity contribution in [3.05, 3.63) is 59.7 Å². The Morgan fingerprint density at radius 2 is 1.71 bits per heavy atom. The van der Waals surface area contributed by atoms with Crippen LogP contribution in [0.4, 0.5) is 5.69 Å². The molecule has 1 N–H and O–H groups in total. The highest BCUT2D eigenvalue weighted by molar-refractivity contribution is 7.92. The number of nitrogens with zero attached hydrogens (tertiary/aromatic N) is 2. The van der Waals surface area contributed by atoms with Crippen LogP contribution in [0.15, 0.2) is 53.4 Å². The molecule has 0 aliphatic carbocycles. The number of anilines is 1. The number of hydrogen-bond acceptors (Lipinski definition) is 4. The average molecular weight is 424 g/mol. The minimum Gasteiger partial charge on any atom is -0.333 e. The van der Waals surface area contributed by atoms with E-state index in [1.807, 2.05) is 18.7 Å². The van der Waals surface area contributed by atoms with Crippen molar-refractivity contribution in [2.75, 3.05) is 31.0 Å². The highest BCUT2D eigenvalue weighted by atomic mass is 35.5. The number of hydrogen-bond donors (Lipinski definition) is 1. The lowest BCUT2D eigenvalue weighted by Gasteiger charge is -2.34. The van der Waals surface area contributed by atoms with E-state index in [4.69, 9.17) is 0 Å². The zero-order valence-electron chi connectivity index (χ0n) is 16.3. The van der Waals surface area contributed by atoms with E-state index in [1.54, 1.807) is 48.5 Å². The van der Waals surface area contributed by atoms with E-state index in [0.717, 1.165) is 18.7 Å². The molecule has 1 aliphatic rings. The molecule has 0 unspecified atom stereocenters. The first-order chi connectivity index (χ1) is 12.8. The maximum atomic E-state index is 12.8. The first-order valence-electron chi connectivity index (χ1n) is 8.98. The Morgan fingerprint density at radius 3 is 2.29 bits per heavy atom. The van der Waals surface area contributed by atoms with Crippen molar-refractivity contribution < 1.29 is 13.2 Å². The highest BCUT2D eigenvalue weighted by Crippen LogP contribution is 2.23. The van der Waals surface area contributed by atoms with Gasteiger partial charge < -0.3 is 10.2 Å². The van der Waals surface area contributed by atoms with Crippen LogP contribution in [0, 0.1) is 6.92 Å². The molecule has 6 nitrogen and oxygen atoms in total. The second-order valence-electron chi connectivity index (χ2n) is 6.88. The Bertz CT molecular complexity index is 915. The largest absolute Gasteiger partial charge is 0.333 e. The summed E-state index contributed by atoms with van der Waals surface area (Å²) < 4.78 is 26.8. The maximum Gasteiger partial charge on any atom is 0.264 e. The molecule has 1 fully saturated rings. The zero-order chi connectivity index (χ0) is 19.6. The predicted octanol–water partition coefficient (Wildman–Crippen LogP) is 2.68. The third kappa shape index (κ3) is 4.48. The van der Waals surface area contributed by atoms with Gasteiger partial charge in [0.2, 0.25) is 0 Å². The van der Waals surface area contributed by atoms with Crippen molar-refractivity contribution in [1.82, 2.24) is 10.2 Å². The lowest BCUT2D eigenvalue weighted by molar-refractivity contribution is 0.0656. The van der Waals surface area contributed by atoms with Crippen LogP contribution in [0.3, 0.4) is 0 Å². The molecule has 2 aromatic rings. The van der Waals surface area contributed by atoms with Crippen molar-refractivity contribution in [3.8, 4) is 0 Å². The van der Waals surface area contributed by atoms with Gasteiger partial charge in [-0.15, -0.1) is 12.4 Å². The van der Waals surface area contributed by atoms with E-state index in [1.165, 1.54) is 11.4 Å². The number of carbonyl (C=O) groups excluding carboxylic acids is 1. The summed E-state index contributed by atoms with van der Waals surface area (Å²) in [4.78, 5) is 14.8. The maximum absolute atomic E-state index is 12.8. The summed E-state index contributed by atoms with van der Waals surface area (Å²) >= 11 is 0. The van der Waals surface area contributed by atoms with Crippen LogP contribution in [0.25, 0.3) is 0 Å². The normalized spacial score (nSPS) is 17.0. The molecule has 0 bridgehead atoms.